The van der Waals surface area contributed by atoms with Gasteiger partial charge in [-0.1, -0.05) is 4.57 Å². The van der Waals surface area contributed by atoms with Crippen LogP contribution < -0.4 is 21.1 Å². The second kappa shape index (κ2) is 3.87. The van der Waals surface area contributed by atoms with E-state index in [0.717, 1.165) is 0 Å². The van der Waals surface area contributed by atoms with E-state index in [1.165, 1.54) is 0 Å². The fourth-order valence-corrected chi connectivity index (χ4v) is 1.35. The molecule has 2 aromatic heterocycles. The molecule has 10 heteroatoms. The Kier molecular flexibility index (Phi) is 2.55. The van der Waals surface area contributed by atoms with Crippen LogP contribution in [0.1, 0.15) is 0 Å². The molecule has 84 valence electrons. The lowest BCUT2D eigenvalue weighted by molar-refractivity contribution is -0.166. The first-order chi connectivity index (χ1) is 7.56. The van der Waals surface area contributed by atoms with Crippen LogP contribution in [0.4, 0.5) is 11.9 Å². The summed E-state index contributed by atoms with van der Waals surface area (Å²) in [7, 11) is -2.67. The van der Waals surface area contributed by atoms with Gasteiger partial charge in [-0.3, -0.25) is 0 Å². The lowest BCUT2D eigenvalue weighted by Crippen LogP contribution is -2.04. The summed E-state index contributed by atoms with van der Waals surface area (Å²) in [6.07, 6.45) is -0.500. The molecule has 1 atom stereocenters. The zero-order chi connectivity index (χ0) is 11.7. The average molecular weight is 242 g/mol. The molecule has 0 radical (unpaired) electrons. The summed E-state index contributed by atoms with van der Waals surface area (Å²) in [5, 5.41) is 0. The topological polar surface area (TPSA) is 156 Å². The van der Waals surface area contributed by atoms with Gasteiger partial charge in [0, 0.05) is 0 Å². The van der Waals surface area contributed by atoms with E-state index in [1.807, 2.05) is 0 Å². The van der Waals surface area contributed by atoms with Gasteiger partial charge in [0.25, 0.3) is 6.35 Å². The van der Waals surface area contributed by atoms with Gasteiger partial charge < -0.3 is 26.1 Å². The van der Waals surface area contributed by atoms with Crippen LogP contribution in [0.3, 0.4) is 0 Å². The van der Waals surface area contributed by atoms with Crippen molar-refractivity contribution in [1.29, 1.82) is 0 Å². The maximum Gasteiger partial charge on any atom is 0.350 e. The molecule has 0 bridgehead atoms. The van der Waals surface area contributed by atoms with E-state index in [2.05, 4.69) is 19.9 Å². The molecule has 2 rings (SSSR count). The standard InChI is InChI=1S/C6H7N6O3P/c7-5-9-2-3(10-5)11-6(8)12-4(2)15-1-16(13)14/h1H2,(H5,7,8,9,10,11,12). The molecular formula is C6H7N6O3P. The van der Waals surface area contributed by atoms with E-state index in [1.54, 1.807) is 0 Å². The smallest absolute Gasteiger partial charge is 0.350 e. The van der Waals surface area contributed by atoms with E-state index in [-0.39, 0.29) is 23.4 Å². The highest BCUT2D eigenvalue weighted by Gasteiger charge is 2.13. The van der Waals surface area contributed by atoms with Crippen molar-refractivity contribution in [2.75, 3.05) is 17.8 Å². The van der Waals surface area contributed by atoms with Gasteiger partial charge in [-0.25, -0.2) is 0 Å². The number of anilines is 2. The number of aromatic nitrogens is 4. The van der Waals surface area contributed by atoms with Crippen molar-refractivity contribution in [1.82, 2.24) is 19.9 Å². The average Bonchev–Trinajstić information content (AvgIpc) is 2.54. The maximum atomic E-state index is 10.4. The maximum absolute atomic E-state index is 10.4. The number of nitrogen functional groups attached to an aromatic ring is 2. The van der Waals surface area contributed by atoms with Crippen LogP contribution in [0.2, 0.25) is 0 Å². The van der Waals surface area contributed by atoms with Crippen LogP contribution >= 0.6 is 8.03 Å². The first-order valence-corrected chi connectivity index (χ1v) is 5.46. The second-order valence-corrected chi connectivity index (χ2v) is 3.74. The van der Waals surface area contributed by atoms with Crippen molar-refractivity contribution in [3.63, 3.8) is 0 Å². The van der Waals surface area contributed by atoms with Crippen molar-refractivity contribution < 1.29 is 14.2 Å². The highest BCUT2D eigenvalue weighted by atomic mass is 31.1. The summed E-state index contributed by atoms with van der Waals surface area (Å²) >= 11 is 0. The summed E-state index contributed by atoms with van der Waals surface area (Å²) in [5.41, 5.74) is 11.3. The zero-order valence-corrected chi connectivity index (χ0v) is 8.77. The number of H-pyrrole nitrogens is 1. The number of nitrogens with zero attached hydrogens (tertiary/aromatic N) is 3. The van der Waals surface area contributed by atoms with Gasteiger partial charge in [-0.2, -0.15) is 15.0 Å². The number of imidazole rings is 1. The number of ether oxygens (including phenoxy) is 1. The van der Waals surface area contributed by atoms with Crippen LogP contribution in [0.25, 0.3) is 11.2 Å². The fraction of sp³-hybridized carbons (Fsp3) is 0.167. The second-order valence-electron chi connectivity index (χ2n) is 2.81. The minimum absolute atomic E-state index is 0.00546. The molecule has 0 aliphatic heterocycles. The van der Waals surface area contributed by atoms with Crippen molar-refractivity contribution in [3.8, 4) is 5.88 Å². The summed E-state index contributed by atoms with van der Waals surface area (Å²) in [6, 6.07) is 0. The first kappa shape index (κ1) is 10.5. The monoisotopic (exact) mass is 242 g/mol. The lowest BCUT2D eigenvalue weighted by Gasteiger charge is -2.01. The predicted molar refractivity (Wildman–Crippen MR) is 53.6 cm³/mol. The number of hydrogen-bond acceptors (Lipinski definition) is 8. The Morgan fingerprint density at radius 3 is 2.81 bits per heavy atom. The molecule has 2 heterocycles. The number of aromatic amines is 1. The SMILES string of the molecule is Nc1nc(OC[P+](=O)[O-])c2[nH]c(N)nc2n1. The first-order valence-electron chi connectivity index (χ1n) is 4.09. The highest BCUT2D eigenvalue weighted by molar-refractivity contribution is 7.36. The quantitative estimate of drug-likeness (QED) is 0.576. The van der Waals surface area contributed by atoms with Crippen LogP contribution in [-0.2, 0) is 4.57 Å². The molecule has 2 aromatic rings. The molecule has 0 saturated carbocycles. The molecule has 1 unspecified atom stereocenters. The van der Waals surface area contributed by atoms with Crippen LogP contribution in [-0.4, -0.2) is 26.3 Å². The Morgan fingerprint density at radius 1 is 1.38 bits per heavy atom. The Balaban J connectivity index is 2.45. The number of nitrogens with two attached hydrogens (primary N) is 2. The molecule has 0 aromatic carbocycles. The fourth-order valence-electron chi connectivity index (χ4n) is 1.12. The molecule has 0 saturated heterocycles. The van der Waals surface area contributed by atoms with Crippen molar-refractivity contribution in [2.24, 2.45) is 0 Å². The van der Waals surface area contributed by atoms with Crippen LogP contribution in [0.15, 0.2) is 0 Å². The largest absolute Gasteiger partial charge is 0.593 e. The van der Waals surface area contributed by atoms with E-state index in [9.17, 15) is 9.46 Å². The van der Waals surface area contributed by atoms with Crippen LogP contribution in [0.5, 0.6) is 5.88 Å². The van der Waals surface area contributed by atoms with Crippen molar-refractivity contribution in [3.05, 3.63) is 0 Å². The Bertz CT molecular complexity index is 554. The summed E-state index contributed by atoms with van der Waals surface area (Å²) < 4.78 is 15.3. The summed E-state index contributed by atoms with van der Waals surface area (Å²) in [5.74, 6) is 0.0484. The van der Waals surface area contributed by atoms with E-state index in [4.69, 9.17) is 16.2 Å². The highest BCUT2D eigenvalue weighted by Crippen LogP contribution is 2.23. The number of fused-ring (bicyclic) bond motifs is 1. The number of nitrogens with one attached hydrogen (secondary N) is 1. The van der Waals surface area contributed by atoms with Gasteiger partial charge in [0.15, 0.2) is 11.6 Å². The lowest BCUT2D eigenvalue weighted by atomic mass is 10.5. The van der Waals surface area contributed by atoms with E-state index >= 15 is 0 Å². The zero-order valence-electron chi connectivity index (χ0n) is 7.88. The van der Waals surface area contributed by atoms with Gasteiger partial charge in [-0.15, -0.1) is 0 Å². The minimum Gasteiger partial charge on any atom is -0.593 e. The number of hydrogen-bond donors (Lipinski definition) is 3. The minimum atomic E-state index is -2.67. The summed E-state index contributed by atoms with van der Waals surface area (Å²) in [4.78, 5) is 24.4. The molecule has 0 spiro atoms. The molecular weight excluding hydrogens is 235 g/mol. The van der Waals surface area contributed by atoms with Gasteiger partial charge in [0.05, 0.1) is 0 Å². The molecule has 0 aliphatic carbocycles. The predicted octanol–water partition coefficient (Wildman–Crippen LogP) is -1.04. The summed E-state index contributed by atoms with van der Waals surface area (Å²) in [6.45, 7) is 0. The van der Waals surface area contributed by atoms with Crippen molar-refractivity contribution in [2.45, 2.75) is 0 Å². The molecule has 16 heavy (non-hydrogen) atoms. The molecule has 0 aliphatic rings. The molecule has 5 N–H and O–H groups in total. The third-order valence-corrected chi connectivity index (χ3v) is 2.00. The molecule has 0 amide bonds. The third-order valence-electron chi connectivity index (χ3n) is 1.66. The van der Waals surface area contributed by atoms with Gasteiger partial charge in [-0.05, 0) is 0 Å². The van der Waals surface area contributed by atoms with Crippen LogP contribution in [0, 0.1) is 0 Å². The van der Waals surface area contributed by atoms with E-state index < -0.39 is 14.4 Å². The number of rotatable bonds is 3. The van der Waals surface area contributed by atoms with Crippen molar-refractivity contribution >= 4 is 31.1 Å². The molecule has 0 fully saturated rings. The normalized spacial score (nSPS) is 11.7. The Morgan fingerprint density at radius 2 is 2.12 bits per heavy atom. The van der Waals surface area contributed by atoms with Gasteiger partial charge >= 0.3 is 8.03 Å². The van der Waals surface area contributed by atoms with E-state index in [0.29, 0.717) is 5.52 Å². The molecule has 9 nitrogen and oxygen atoms in total. The Labute approximate surface area is 89.7 Å². The Hall–Kier alpha value is -1.99. The van der Waals surface area contributed by atoms with Gasteiger partial charge in [0.2, 0.25) is 11.8 Å². The third kappa shape index (κ3) is 2.00. The van der Waals surface area contributed by atoms with Gasteiger partial charge in [0.1, 0.15) is 5.52 Å².